The van der Waals surface area contributed by atoms with Gasteiger partial charge >= 0.3 is 15.8 Å². The van der Waals surface area contributed by atoms with Gasteiger partial charge in [-0.3, -0.25) is 10.1 Å². The largest absolute Gasteiger partial charge is 0.375 e. The van der Waals surface area contributed by atoms with Crippen LogP contribution in [0.2, 0.25) is 0 Å². The average Bonchev–Trinajstić information content (AvgIpc) is 2.17. The Morgan fingerprint density at radius 2 is 2.00 bits per heavy atom. The van der Waals surface area contributed by atoms with Crippen LogP contribution in [0.5, 0.6) is 5.75 Å². The summed E-state index contributed by atoms with van der Waals surface area (Å²) < 4.78 is 27.3. The van der Waals surface area contributed by atoms with Crippen LogP contribution < -0.4 is 4.18 Å². The van der Waals surface area contributed by atoms with Crippen LogP contribution in [0.3, 0.4) is 0 Å². The van der Waals surface area contributed by atoms with E-state index in [-0.39, 0.29) is 17.2 Å². The third-order valence-corrected chi connectivity index (χ3v) is 3.07. The van der Waals surface area contributed by atoms with E-state index >= 15 is 0 Å². The molecule has 1 aromatic rings. The Balaban J connectivity index is 3.02. The van der Waals surface area contributed by atoms with Gasteiger partial charge in [-0.15, -0.1) is 0 Å². The van der Waals surface area contributed by atoms with E-state index in [0.717, 1.165) is 0 Å². The van der Waals surface area contributed by atoms with E-state index in [2.05, 4.69) is 4.18 Å². The molecule has 7 heteroatoms. The smallest absolute Gasteiger partial charge is 0.312 e. The number of benzene rings is 1. The van der Waals surface area contributed by atoms with E-state index in [1.807, 2.05) is 0 Å². The standard InChI is InChI=1S/C9H11NO5S/c1-2-7-16(13,14)15-9-6-4-3-5-8(9)10(11)12/h3-6H,2,7H2,1H3. The number of hydrogen-bond acceptors (Lipinski definition) is 5. The summed E-state index contributed by atoms with van der Waals surface area (Å²) in [6, 6.07) is 5.36. The third-order valence-electron chi connectivity index (χ3n) is 1.73. The first-order chi connectivity index (χ1) is 7.46. The highest BCUT2D eigenvalue weighted by Crippen LogP contribution is 2.27. The molecule has 0 amide bonds. The number of hydrogen-bond donors (Lipinski definition) is 0. The first-order valence-electron chi connectivity index (χ1n) is 4.62. The molecule has 0 N–H and O–H groups in total. The fraction of sp³-hybridized carbons (Fsp3) is 0.333. The van der Waals surface area contributed by atoms with Crippen LogP contribution in [0, 0.1) is 10.1 Å². The molecule has 0 atom stereocenters. The van der Waals surface area contributed by atoms with Gasteiger partial charge in [-0.2, -0.15) is 8.42 Å². The van der Waals surface area contributed by atoms with Crippen molar-refractivity contribution in [1.29, 1.82) is 0 Å². The first-order valence-corrected chi connectivity index (χ1v) is 6.19. The fourth-order valence-corrected chi connectivity index (χ4v) is 2.10. The zero-order valence-corrected chi connectivity index (χ0v) is 9.44. The predicted molar refractivity (Wildman–Crippen MR) is 57.8 cm³/mol. The van der Waals surface area contributed by atoms with Crippen molar-refractivity contribution in [3.05, 3.63) is 34.4 Å². The maximum Gasteiger partial charge on any atom is 0.312 e. The Morgan fingerprint density at radius 1 is 1.38 bits per heavy atom. The molecule has 0 heterocycles. The lowest BCUT2D eigenvalue weighted by atomic mass is 10.3. The van der Waals surface area contributed by atoms with Gasteiger partial charge in [0.2, 0.25) is 5.75 Å². The van der Waals surface area contributed by atoms with Gasteiger partial charge in [-0.05, 0) is 12.5 Å². The molecule has 0 unspecified atom stereocenters. The highest BCUT2D eigenvalue weighted by atomic mass is 32.2. The molecule has 0 aliphatic heterocycles. The second-order valence-corrected chi connectivity index (χ2v) is 4.76. The van der Waals surface area contributed by atoms with Gasteiger partial charge in [-0.25, -0.2) is 0 Å². The minimum absolute atomic E-state index is 0.168. The van der Waals surface area contributed by atoms with Crippen molar-refractivity contribution in [3.8, 4) is 5.75 Å². The molecule has 0 fully saturated rings. The Morgan fingerprint density at radius 3 is 2.56 bits per heavy atom. The lowest BCUT2D eigenvalue weighted by Gasteiger charge is -2.05. The average molecular weight is 245 g/mol. The third kappa shape index (κ3) is 3.20. The van der Waals surface area contributed by atoms with Crippen LogP contribution in [-0.4, -0.2) is 19.1 Å². The molecule has 0 saturated heterocycles. The van der Waals surface area contributed by atoms with Gasteiger partial charge in [0.15, 0.2) is 0 Å². The molecule has 0 aliphatic carbocycles. The van der Waals surface area contributed by atoms with Crippen LogP contribution in [0.15, 0.2) is 24.3 Å². The van der Waals surface area contributed by atoms with Gasteiger partial charge in [0.1, 0.15) is 0 Å². The second-order valence-electron chi connectivity index (χ2n) is 3.07. The first kappa shape index (κ1) is 12.4. The number of nitro benzene ring substituents is 1. The molecular weight excluding hydrogens is 234 g/mol. The molecule has 0 spiro atoms. The molecule has 1 aromatic carbocycles. The molecule has 0 aromatic heterocycles. The summed E-state index contributed by atoms with van der Waals surface area (Å²) in [7, 11) is -3.75. The second kappa shape index (κ2) is 4.93. The van der Waals surface area contributed by atoms with E-state index < -0.39 is 15.0 Å². The fourth-order valence-electron chi connectivity index (χ4n) is 1.11. The quantitative estimate of drug-likeness (QED) is 0.447. The lowest BCUT2D eigenvalue weighted by Crippen LogP contribution is -2.13. The van der Waals surface area contributed by atoms with E-state index in [4.69, 9.17) is 0 Å². The number of para-hydroxylation sites is 2. The summed E-state index contributed by atoms with van der Waals surface area (Å²) in [5, 5.41) is 10.6. The van der Waals surface area contributed by atoms with Crippen LogP contribution in [-0.2, 0) is 10.1 Å². The maximum atomic E-state index is 11.3. The summed E-state index contributed by atoms with van der Waals surface area (Å²) in [5.74, 6) is -0.417. The minimum atomic E-state index is -3.75. The Hall–Kier alpha value is -1.63. The molecule has 0 aliphatic rings. The highest BCUT2D eigenvalue weighted by Gasteiger charge is 2.19. The van der Waals surface area contributed by atoms with Gasteiger partial charge < -0.3 is 4.18 Å². The molecule has 1 rings (SSSR count). The molecule has 6 nitrogen and oxygen atoms in total. The zero-order chi connectivity index (χ0) is 12.2. The van der Waals surface area contributed by atoms with Crippen molar-refractivity contribution in [2.45, 2.75) is 13.3 Å². The van der Waals surface area contributed by atoms with Crippen molar-refractivity contribution in [3.63, 3.8) is 0 Å². The molecule has 16 heavy (non-hydrogen) atoms. The van der Waals surface area contributed by atoms with Crippen LogP contribution in [0.25, 0.3) is 0 Å². The van der Waals surface area contributed by atoms with E-state index in [1.54, 1.807) is 6.92 Å². The number of nitro groups is 1. The highest BCUT2D eigenvalue weighted by molar-refractivity contribution is 7.87. The Labute approximate surface area is 93.1 Å². The topological polar surface area (TPSA) is 86.5 Å². The monoisotopic (exact) mass is 245 g/mol. The van der Waals surface area contributed by atoms with Crippen molar-refractivity contribution in [2.75, 3.05) is 5.75 Å². The van der Waals surface area contributed by atoms with Gasteiger partial charge in [0.05, 0.1) is 10.7 Å². The SMILES string of the molecule is CCCS(=O)(=O)Oc1ccccc1[N+](=O)[O-]. The van der Waals surface area contributed by atoms with Gasteiger partial charge in [0.25, 0.3) is 0 Å². The van der Waals surface area contributed by atoms with Crippen LogP contribution >= 0.6 is 0 Å². The molecule has 0 radical (unpaired) electrons. The van der Waals surface area contributed by atoms with Crippen LogP contribution in [0.4, 0.5) is 5.69 Å². The summed E-state index contributed by atoms with van der Waals surface area (Å²) in [4.78, 5) is 9.91. The normalized spacial score (nSPS) is 11.1. The van der Waals surface area contributed by atoms with Gasteiger partial charge in [-0.1, -0.05) is 19.1 Å². The zero-order valence-electron chi connectivity index (χ0n) is 8.62. The van der Waals surface area contributed by atoms with E-state index in [9.17, 15) is 18.5 Å². The van der Waals surface area contributed by atoms with Crippen molar-refractivity contribution >= 4 is 15.8 Å². The van der Waals surface area contributed by atoms with Crippen molar-refractivity contribution in [2.24, 2.45) is 0 Å². The van der Waals surface area contributed by atoms with Crippen molar-refractivity contribution in [1.82, 2.24) is 0 Å². The summed E-state index contributed by atoms with van der Waals surface area (Å²) >= 11 is 0. The summed E-state index contributed by atoms with van der Waals surface area (Å²) in [6.45, 7) is 1.68. The molecule has 88 valence electrons. The van der Waals surface area contributed by atoms with E-state index in [0.29, 0.717) is 6.42 Å². The summed E-state index contributed by atoms with van der Waals surface area (Å²) in [6.07, 6.45) is 0.392. The lowest BCUT2D eigenvalue weighted by molar-refractivity contribution is -0.385. The van der Waals surface area contributed by atoms with Crippen molar-refractivity contribution < 1.29 is 17.5 Å². The number of nitrogens with zero attached hydrogens (tertiary/aromatic N) is 1. The molecule has 0 bridgehead atoms. The predicted octanol–water partition coefficient (Wildman–Crippen LogP) is 1.71. The molecular formula is C9H11NO5S. The Bertz CT molecular complexity index is 482. The Kier molecular flexibility index (Phi) is 3.83. The maximum absolute atomic E-state index is 11.3. The van der Waals surface area contributed by atoms with Gasteiger partial charge in [0, 0.05) is 6.07 Å². The number of rotatable bonds is 5. The van der Waals surface area contributed by atoms with Crippen LogP contribution in [0.1, 0.15) is 13.3 Å². The van der Waals surface area contributed by atoms with E-state index in [1.165, 1.54) is 24.3 Å². The summed E-state index contributed by atoms with van der Waals surface area (Å²) in [5.41, 5.74) is -0.359. The molecule has 0 saturated carbocycles. The minimum Gasteiger partial charge on any atom is -0.375 e.